The van der Waals surface area contributed by atoms with E-state index in [1.165, 1.54) is 11.1 Å². The second-order valence-corrected chi connectivity index (χ2v) is 4.83. The summed E-state index contributed by atoms with van der Waals surface area (Å²) in [5.74, 6) is 0.344. The van der Waals surface area contributed by atoms with Gasteiger partial charge in [-0.05, 0) is 42.7 Å². The van der Waals surface area contributed by atoms with E-state index in [1.807, 2.05) is 13.0 Å². The number of ketones is 1. The first-order valence-corrected chi connectivity index (χ1v) is 6.31. The number of rotatable bonds is 1. The molecule has 0 saturated heterocycles. The van der Waals surface area contributed by atoms with Gasteiger partial charge in [0, 0.05) is 23.9 Å². The Morgan fingerprint density at radius 1 is 1.11 bits per heavy atom. The molecule has 0 bridgehead atoms. The van der Waals surface area contributed by atoms with Gasteiger partial charge in [-0.3, -0.25) is 9.78 Å². The van der Waals surface area contributed by atoms with Crippen molar-refractivity contribution in [2.75, 3.05) is 0 Å². The van der Waals surface area contributed by atoms with E-state index in [0.717, 1.165) is 23.0 Å². The molecule has 0 atom stereocenters. The smallest absolute Gasteiger partial charge is 0.137 e. The molecule has 1 aromatic heterocycles. The van der Waals surface area contributed by atoms with Gasteiger partial charge in [-0.2, -0.15) is 0 Å². The summed E-state index contributed by atoms with van der Waals surface area (Å²) in [6.45, 7) is 2.00. The first kappa shape index (κ1) is 11.1. The normalized spacial score (nSPS) is 15.8. The predicted molar refractivity (Wildman–Crippen MR) is 73.3 cm³/mol. The second-order valence-electron chi connectivity index (χ2n) is 4.83. The summed E-state index contributed by atoms with van der Waals surface area (Å²) in [5, 5.41) is 1.16. The van der Waals surface area contributed by atoms with E-state index >= 15 is 0 Å². The van der Waals surface area contributed by atoms with Crippen molar-refractivity contribution in [1.29, 1.82) is 0 Å². The van der Waals surface area contributed by atoms with Gasteiger partial charge >= 0.3 is 0 Å². The zero-order valence-electron chi connectivity index (χ0n) is 10.4. The number of carbonyl (C=O) groups is 1. The van der Waals surface area contributed by atoms with E-state index < -0.39 is 0 Å². The fraction of sp³-hybridized carbons (Fsp3) is 0.250. The van der Waals surface area contributed by atoms with Gasteiger partial charge in [0.25, 0.3) is 0 Å². The minimum absolute atomic E-state index is 0.344. The van der Waals surface area contributed by atoms with Crippen LogP contribution in [-0.2, 0) is 4.79 Å². The van der Waals surface area contributed by atoms with Gasteiger partial charge in [0.1, 0.15) is 5.78 Å². The molecule has 0 unspecified atom stereocenters. The lowest BCUT2D eigenvalue weighted by Gasteiger charge is -2.13. The maximum atomic E-state index is 11.2. The molecule has 90 valence electrons. The minimum Gasteiger partial charge on any atom is -0.299 e. The highest BCUT2D eigenvalue weighted by Crippen LogP contribution is 2.27. The summed E-state index contributed by atoms with van der Waals surface area (Å²) in [5.41, 5.74) is 4.58. The number of carbonyl (C=O) groups excluding carboxylic acids is 1. The highest BCUT2D eigenvalue weighted by Gasteiger charge is 2.12. The maximum Gasteiger partial charge on any atom is 0.137 e. The average molecular weight is 237 g/mol. The van der Waals surface area contributed by atoms with E-state index in [-0.39, 0.29) is 0 Å². The van der Waals surface area contributed by atoms with Gasteiger partial charge in [0.15, 0.2) is 0 Å². The van der Waals surface area contributed by atoms with Gasteiger partial charge in [0.05, 0.1) is 5.52 Å². The highest BCUT2D eigenvalue weighted by molar-refractivity contribution is 5.89. The fourth-order valence-electron chi connectivity index (χ4n) is 2.40. The molecule has 1 heterocycles. The quantitative estimate of drug-likeness (QED) is 0.757. The number of allylic oxidation sites excluding steroid dienone is 2. The van der Waals surface area contributed by atoms with Gasteiger partial charge in [-0.25, -0.2) is 0 Å². The van der Waals surface area contributed by atoms with E-state index in [1.54, 1.807) is 0 Å². The number of aryl methyl sites for hydroxylation is 1. The molecule has 2 aromatic rings. The van der Waals surface area contributed by atoms with Crippen molar-refractivity contribution in [3.63, 3.8) is 0 Å². The highest BCUT2D eigenvalue weighted by atomic mass is 16.1. The molecule has 1 aromatic carbocycles. The Bertz CT molecular complexity index is 655. The van der Waals surface area contributed by atoms with Crippen LogP contribution in [-0.4, -0.2) is 10.8 Å². The van der Waals surface area contributed by atoms with Crippen molar-refractivity contribution >= 4 is 22.3 Å². The van der Waals surface area contributed by atoms with Crippen LogP contribution < -0.4 is 0 Å². The summed E-state index contributed by atoms with van der Waals surface area (Å²) < 4.78 is 0. The van der Waals surface area contributed by atoms with Crippen LogP contribution in [0.15, 0.2) is 36.4 Å². The molecule has 18 heavy (non-hydrogen) atoms. The van der Waals surface area contributed by atoms with Crippen LogP contribution in [0.5, 0.6) is 0 Å². The molecule has 0 spiro atoms. The van der Waals surface area contributed by atoms with Gasteiger partial charge < -0.3 is 0 Å². The second kappa shape index (κ2) is 4.37. The molecule has 0 aliphatic heterocycles. The summed E-state index contributed by atoms with van der Waals surface area (Å²) in [4.78, 5) is 15.7. The Balaban J connectivity index is 2.03. The molecular weight excluding hydrogens is 222 g/mol. The van der Waals surface area contributed by atoms with Crippen molar-refractivity contribution in [3.8, 4) is 0 Å². The number of benzene rings is 1. The Labute approximate surface area is 106 Å². The van der Waals surface area contributed by atoms with E-state index in [2.05, 4.69) is 35.3 Å². The number of Topliss-reactive ketones (excluding diaryl/α,β-unsaturated/α-hetero) is 1. The maximum absolute atomic E-state index is 11.2. The Morgan fingerprint density at radius 3 is 2.78 bits per heavy atom. The molecule has 0 amide bonds. The van der Waals surface area contributed by atoms with E-state index in [4.69, 9.17) is 0 Å². The SMILES string of the molecule is Cc1ccc2cc(C3=CCC(=O)CC3)ccc2n1. The van der Waals surface area contributed by atoms with E-state index in [9.17, 15) is 4.79 Å². The van der Waals surface area contributed by atoms with Gasteiger partial charge in [-0.15, -0.1) is 0 Å². The lowest BCUT2D eigenvalue weighted by Crippen LogP contribution is -2.02. The average Bonchev–Trinajstić information content (AvgIpc) is 2.39. The zero-order chi connectivity index (χ0) is 12.5. The molecule has 2 heteroatoms. The summed E-state index contributed by atoms with van der Waals surface area (Å²) in [6, 6.07) is 10.5. The number of aromatic nitrogens is 1. The van der Waals surface area contributed by atoms with Crippen LogP contribution in [0.3, 0.4) is 0 Å². The minimum atomic E-state index is 0.344. The Morgan fingerprint density at radius 2 is 2.00 bits per heavy atom. The number of nitrogens with zero attached hydrogens (tertiary/aromatic N) is 1. The standard InChI is InChI=1S/C16H15NO/c1-11-2-3-14-10-13(6-9-16(14)17-11)12-4-7-15(18)8-5-12/h2-4,6,9-10H,5,7-8H2,1H3. The van der Waals surface area contributed by atoms with Crippen molar-refractivity contribution in [1.82, 2.24) is 4.98 Å². The monoisotopic (exact) mass is 237 g/mol. The Hall–Kier alpha value is -1.96. The number of hydrogen-bond acceptors (Lipinski definition) is 2. The molecule has 1 aliphatic carbocycles. The molecule has 2 nitrogen and oxygen atoms in total. The largest absolute Gasteiger partial charge is 0.299 e. The summed E-state index contributed by atoms with van der Waals surface area (Å²) in [7, 11) is 0. The van der Waals surface area contributed by atoms with Crippen molar-refractivity contribution < 1.29 is 4.79 Å². The number of fused-ring (bicyclic) bond motifs is 1. The third kappa shape index (κ3) is 2.06. The van der Waals surface area contributed by atoms with Crippen LogP contribution in [0.25, 0.3) is 16.5 Å². The van der Waals surface area contributed by atoms with Gasteiger partial charge in [0.2, 0.25) is 0 Å². The van der Waals surface area contributed by atoms with Crippen molar-refractivity contribution in [3.05, 3.63) is 47.7 Å². The first-order chi connectivity index (χ1) is 8.72. The van der Waals surface area contributed by atoms with Crippen LogP contribution in [0, 0.1) is 6.92 Å². The van der Waals surface area contributed by atoms with Crippen molar-refractivity contribution in [2.45, 2.75) is 26.2 Å². The van der Waals surface area contributed by atoms with Crippen LogP contribution in [0.2, 0.25) is 0 Å². The molecule has 0 N–H and O–H groups in total. The fourth-order valence-corrected chi connectivity index (χ4v) is 2.40. The van der Waals surface area contributed by atoms with Gasteiger partial charge in [-0.1, -0.05) is 18.2 Å². The van der Waals surface area contributed by atoms with Crippen LogP contribution in [0.1, 0.15) is 30.5 Å². The molecule has 0 radical (unpaired) electrons. The van der Waals surface area contributed by atoms with Crippen molar-refractivity contribution in [2.24, 2.45) is 0 Å². The third-order valence-electron chi connectivity index (χ3n) is 3.45. The molecular formula is C16H15NO. The third-order valence-corrected chi connectivity index (χ3v) is 3.45. The molecule has 1 aliphatic rings. The van der Waals surface area contributed by atoms with Crippen LogP contribution >= 0.6 is 0 Å². The molecule has 3 rings (SSSR count). The topological polar surface area (TPSA) is 30.0 Å². The lowest BCUT2D eigenvalue weighted by molar-refractivity contribution is -0.118. The lowest BCUT2D eigenvalue weighted by atomic mass is 9.92. The number of pyridine rings is 1. The summed E-state index contributed by atoms with van der Waals surface area (Å²) >= 11 is 0. The van der Waals surface area contributed by atoms with Crippen LogP contribution in [0.4, 0.5) is 0 Å². The number of hydrogen-bond donors (Lipinski definition) is 0. The Kier molecular flexibility index (Phi) is 2.71. The van der Waals surface area contributed by atoms with E-state index in [0.29, 0.717) is 18.6 Å². The first-order valence-electron chi connectivity index (χ1n) is 6.31. The predicted octanol–water partition coefficient (Wildman–Crippen LogP) is 3.68. The summed E-state index contributed by atoms with van der Waals surface area (Å²) in [6.07, 6.45) is 4.19. The zero-order valence-corrected chi connectivity index (χ0v) is 10.4. The molecule has 0 saturated carbocycles. The molecule has 0 fully saturated rings.